The van der Waals surface area contributed by atoms with Crippen LogP contribution in [-0.4, -0.2) is 56.5 Å². The number of nitrogens with one attached hydrogen (secondary N) is 3. The minimum Gasteiger partial charge on any atom is -0.490 e. The summed E-state index contributed by atoms with van der Waals surface area (Å²) in [7, 11) is 1.28. The topological polar surface area (TPSA) is 149 Å². The first-order valence-corrected chi connectivity index (χ1v) is 14.9. The fourth-order valence-corrected chi connectivity index (χ4v) is 4.78. The number of esters is 1. The van der Waals surface area contributed by atoms with E-state index < -0.39 is 24.3 Å². The number of rotatable bonds is 15. The number of ether oxygens (including phenoxy) is 5. The van der Waals surface area contributed by atoms with Gasteiger partial charge in [-0.1, -0.05) is 35.9 Å². The molecule has 0 bridgehead atoms. The first-order chi connectivity index (χ1) is 22.2. The lowest BCUT2D eigenvalue weighted by molar-refractivity contribution is -0.136. The number of hydrazone groups is 1. The SMILES string of the molecule is CCOc1cc(/C=N\N[C@@H](O)COc2ccc([C@@H]3NC(=O)NC(C)=C3C(=O)OC)cc2OCC)ccc1OCc1cccc(C)c1. The average Bonchev–Trinajstić information content (AvgIpc) is 3.03. The minimum atomic E-state index is -1.14. The number of carbonyl (C=O) groups is 2. The molecule has 4 rings (SSSR count). The van der Waals surface area contributed by atoms with Crippen molar-refractivity contribution in [1.29, 1.82) is 0 Å². The molecular weight excluding hydrogens is 592 g/mol. The summed E-state index contributed by atoms with van der Waals surface area (Å²) in [6.45, 7) is 8.45. The molecule has 2 amide bonds. The summed E-state index contributed by atoms with van der Waals surface area (Å²) in [5, 5.41) is 20.0. The quantitative estimate of drug-likeness (QED) is 0.0823. The lowest BCUT2D eigenvalue weighted by Gasteiger charge is -2.28. The molecule has 2 atom stereocenters. The van der Waals surface area contributed by atoms with Crippen LogP contribution in [0.1, 0.15) is 49.1 Å². The van der Waals surface area contributed by atoms with Crippen molar-refractivity contribution in [3.05, 3.63) is 94.2 Å². The third-order valence-electron chi connectivity index (χ3n) is 6.85. The molecule has 1 aliphatic heterocycles. The highest BCUT2D eigenvalue weighted by atomic mass is 16.5. The maximum Gasteiger partial charge on any atom is 0.337 e. The van der Waals surface area contributed by atoms with Gasteiger partial charge >= 0.3 is 12.0 Å². The lowest BCUT2D eigenvalue weighted by atomic mass is 9.95. The Kier molecular flexibility index (Phi) is 11.8. The van der Waals surface area contributed by atoms with Gasteiger partial charge in [0.05, 0.1) is 38.2 Å². The molecule has 0 unspecified atom stereocenters. The number of methoxy groups -OCH3 is 1. The Morgan fingerprint density at radius 3 is 2.39 bits per heavy atom. The van der Waals surface area contributed by atoms with Crippen LogP contribution >= 0.6 is 0 Å². The molecule has 0 fully saturated rings. The summed E-state index contributed by atoms with van der Waals surface area (Å²) >= 11 is 0. The van der Waals surface area contributed by atoms with E-state index in [9.17, 15) is 14.7 Å². The van der Waals surface area contributed by atoms with Crippen LogP contribution in [0.15, 0.2) is 77.0 Å². The van der Waals surface area contributed by atoms with Gasteiger partial charge in [-0.2, -0.15) is 5.10 Å². The van der Waals surface area contributed by atoms with Crippen molar-refractivity contribution in [2.75, 3.05) is 26.9 Å². The molecular formula is C34H40N4O8. The molecule has 0 saturated heterocycles. The number of amides is 2. The van der Waals surface area contributed by atoms with Crippen LogP contribution in [0.2, 0.25) is 0 Å². The molecule has 12 nitrogen and oxygen atoms in total. The Hall–Kier alpha value is -5.23. The molecule has 0 radical (unpaired) electrons. The number of allylic oxidation sites excluding steroid dienone is 1. The van der Waals surface area contributed by atoms with E-state index in [4.69, 9.17) is 23.7 Å². The highest BCUT2D eigenvalue weighted by Crippen LogP contribution is 2.35. The predicted octanol–water partition coefficient (Wildman–Crippen LogP) is 4.49. The fourth-order valence-electron chi connectivity index (χ4n) is 4.78. The number of hydrogen-bond donors (Lipinski definition) is 4. The van der Waals surface area contributed by atoms with Crippen LogP contribution in [0.25, 0.3) is 0 Å². The Morgan fingerprint density at radius 2 is 1.67 bits per heavy atom. The van der Waals surface area contributed by atoms with Crippen LogP contribution in [-0.2, 0) is 16.1 Å². The van der Waals surface area contributed by atoms with Crippen LogP contribution in [0.4, 0.5) is 4.79 Å². The molecule has 3 aromatic carbocycles. The van der Waals surface area contributed by atoms with E-state index in [2.05, 4.69) is 27.2 Å². The number of urea groups is 1. The van der Waals surface area contributed by atoms with Crippen molar-refractivity contribution in [3.8, 4) is 23.0 Å². The fraction of sp³-hybridized carbons (Fsp3) is 0.324. The number of aliphatic hydroxyl groups is 1. The Labute approximate surface area is 268 Å². The van der Waals surface area contributed by atoms with Crippen molar-refractivity contribution in [2.24, 2.45) is 5.10 Å². The zero-order valence-corrected chi connectivity index (χ0v) is 26.6. The van der Waals surface area contributed by atoms with Crippen LogP contribution in [0.5, 0.6) is 23.0 Å². The van der Waals surface area contributed by atoms with Gasteiger partial charge in [-0.05, 0) is 74.7 Å². The highest BCUT2D eigenvalue weighted by Gasteiger charge is 2.32. The summed E-state index contributed by atoms with van der Waals surface area (Å²) in [5.41, 5.74) is 6.86. The van der Waals surface area contributed by atoms with Gasteiger partial charge in [-0.25, -0.2) is 9.59 Å². The smallest absolute Gasteiger partial charge is 0.337 e. The zero-order valence-electron chi connectivity index (χ0n) is 26.6. The molecule has 1 aliphatic rings. The summed E-state index contributed by atoms with van der Waals surface area (Å²) in [4.78, 5) is 24.6. The molecule has 3 aromatic rings. The summed E-state index contributed by atoms with van der Waals surface area (Å²) < 4.78 is 28.3. The zero-order chi connectivity index (χ0) is 33.1. The second kappa shape index (κ2) is 16.2. The van der Waals surface area contributed by atoms with Gasteiger partial charge in [0.25, 0.3) is 0 Å². The average molecular weight is 633 g/mol. The molecule has 0 aromatic heterocycles. The molecule has 244 valence electrons. The minimum absolute atomic E-state index is 0.150. The summed E-state index contributed by atoms with van der Waals surface area (Å²) in [5.74, 6) is 1.37. The number of carbonyl (C=O) groups excluding carboxylic acids is 2. The van der Waals surface area contributed by atoms with Gasteiger partial charge in [0.15, 0.2) is 29.2 Å². The van der Waals surface area contributed by atoms with Crippen LogP contribution in [0, 0.1) is 6.92 Å². The van der Waals surface area contributed by atoms with E-state index in [1.165, 1.54) is 7.11 Å². The first-order valence-electron chi connectivity index (χ1n) is 14.9. The lowest BCUT2D eigenvalue weighted by Crippen LogP contribution is -2.45. The molecule has 0 saturated carbocycles. The molecule has 0 aliphatic carbocycles. The first kappa shape index (κ1) is 33.7. The van der Waals surface area contributed by atoms with Gasteiger partial charge < -0.3 is 39.4 Å². The second-order valence-corrected chi connectivity index (χ2v) is 10.3. The second-order valence-electron chi connectivity index (χ2n) is 10.3. The van der Waals surface area contributed by atoms with Crippen molar-refractivity contribution >= 4 is 18.2 Å². The standard InChI is InChI=1S/C34H40N4O8/c1-6-43-28-16-23(11-13-26(28)45-19-24-10-8-9-21(3)15-24)18-35-38-30(39)20-46-27-14-12-25(17-29(27)44-7-2)32-31(33(40)42-5)22(4)36-34(41)37-32/h8-18,30,32,38-39H,6-7,19-20H2,1-5H3,(H2,36,37,41)/b35-18-/t30-,32-/m0/s1. The van der Waals surface area contributed by atoms with E-state index in [1.807, 2.05) is 57.2 Å². The van der Waals surface area contributed by atoms with Gasteiger partial charge in [0.2, 0.25) is 0 Å². The van der Waals surface area contributed by atoms with Gasteiger partial charge in [0.1, 0.15) is 13.2 Å². The molecule has 1 heterocycles. The number of benzene rings is 3. The summed E-state index contributed by atoms with van der Waals surface area (Å²) in [6.07, 6.45) is 0.409. The van der Waals surface area contributed by atoms with Crippen LogP contribution in [0.3, 0.4) is 0 Å². The third kappa shape index (κ3) is 8.91. The van der Waals surface area contributed by atoms with E-state index >= 15 is 0 Å². The number of hydrogen-bond acceptors (Lipinski definition) is 10. The molecule has 4 N–H and O–H groups in total. The van der Waals surface area contributed by atoms with Crippen molar-refractivity contribution in [1.82, 2.24) is 16.1 Å². The maximum atomic E-state index is 12.5. The van der Waals surface area contributed by atoms with E-state index in [0.717, 1.165) is 16.7 Å². The van der Waals surface area contributed by atoms with E-state index in [0.29, 0.717) is 54.1 Å². The van der Waals surface area contributed by atoms with Crippen molar-refractivity contribution < 1.29 is 38.4 Å². The Morgan fingerprint density at radius 1 is 0.957 bits per heavy atom. The van der Waals surface area contributed by atoms with Crippen molar-refractivity contribution in [3.63, 3.8) is 0 Å². The van der Waals surface area contributed by atoms with E-state index in [-0.39, 0.29) is 12.2 Å². The number of aliphatic hydroxyl groups excluding tert-OH is 1. The van der Waals surface area contributed by atoms with Gasteiger partial charge in [-0.3, -0.25) is 5.43 Å². The highest BCUT2D eigenvalue weighted by molar-refractivity contribution is 5.95. The van der Waals surface area contributed by atoms with Gasteiger partial charge in [0, 0.05) is 5.70 Å². The number of nitrogens with zero attached hydrogens (tertiary/aromatic N) is 1. The maximum absolute atomic E-state index is 12.5. The molecule has 0 spiro atoms. The third-order valence-corrected chi connectivity index (χ3v) is 6.85. The summed E-state index contributed by atoms with van der Waals surface area (Å²) in [6, 6.07) is 17.4. The van der Waals surface area contributed by atoms with Crippen LogP contribution < -0.4 is 35.0 Å². The Bertz CT molecular complexity index is 1590. The molecule has 12 heteroatoms. The van der Waals surface area contributed by atoms with Crippen molar-refractivity contribution in [2.45, 2.75) is 46.6 Å². The number of aryl methyl sites for hydroxylation is 1. The normalized spacial score (nSPS) is 15.1. The van der Waals surface area contributed by atoms with E-state index in [1.54, 1.807) is 31.3 Å². The van der Waals surface area contributed by atoms with Gasteiger partial charge in [-0.15, -0.1) is 0 Å². The Balaban J connectivity index is 1.37. The monoisotopic (exact) mass is 632 g/mol. The molecule has 46 heavy (non-hydrogen) atoms. The predicted molar refractivity (Wildman–Crippen MR) is 172 cm³/mol. The largest absolute Gasteiger partial charge is 0.490 e.